The van der Waals surface area contributed by atoms with Crippen molar-refractivity contribution in [2.24, 2.45) is 0 Å². The topological polar surface area (TPSA) is 25.8 Å². The molecule has 2 heteroatoms. The summed E-state index contributed by atoms with van der Waals surface area (Å²) in [5, 5.41) is 8.29. The van der Waals surface area contributed by atoms with Crippen LogP contribution in [0.4, 0.5) is 0 Å². The first-order valence-corrected chi connectivity index (χ1v) is 4.52. The fourth-order valence-electron chi connectivity index (χ4n) is 1.46. The molecule has 1 rings (SSSR count). The van der Waals surface area contributed by atoms with E-state index in [-0.39, 0.29) is 0 Å². The SMILES string of the molecule is CCc1nnc(C)c(C)c1CC. The Balaban J connectivity index is 3.25. The maximum absolute atomic E-state index is 4.18. The van der Waals surface area contributed by atoms with Gasteiger partial charge in [0.05, 0.1) is 11.4 Å². The lowest BCUT2D eigenvalue weighted by Crippen LogP contribution is -2.03. The summed E-state index contributed by atoms with van der Waals surface area (Å²) in [6.07, 6.45) is 2.04. The fraction of sp³-hybridized carbons (Fsp3) is 0.600. The monoisotopic (exact) mass is 164 g/mol. The van der Waals surface area contributed by atoms with Gasteiger partial charge in [0, 0.05) is 0 Å². The number of hydrogen-bond acceptors (Lipinski definition) is 2. The van der Waals surface area contributed by atoms with Gasteiger partial charge in [-0.3, -0.25) is 0 Å². The molecule has 1 aromatic rings. The summed E-state index contributed by atoms with van der Waals surface area (Å²) in [6, 6.07) is 0. The first-order valence-electron chi connectivity index (χ1n) is 4.52. The predicted molar refractivity (Wildman–Crippen MR) is 50.3 cm³/mol. The van der Waals surface area contributed by atoms with Crippen molar-refractivity contribution >= 4 is 0 Å². The Bertz CT molecular complexity index is 279. The van der Waals surface area contributed by atoms with E-state index in [0.29, 0.717) is 0 Å². The average molecular weight is 164 g/mol. The molecule has 0 atom stereocenters. The molecule has 0 unspecified atom stereocenters. The van der Waals surface area contributed by atoms with Crippen LogP contribution in [0.2, 0.25) is 0 Å². The Morgan fingerprint density at radius 1 is 1.00 bits per heavy atom. The van der Waals surface area contributed by atoms with Crippen molar-refractivity contribution in [3.8, 4) is 0 Å². The van der Waals surface area contributed by atoms with E-state index >= 15 is 0 Å². The molecule has 0 saturated carbocycles. The third kappa shape index (κ3) is 1.47. The molecule has 12 heavy (non-hydrogen) atoms. The third-order valence-corrected chi connectivity index (χ3v) is 2.35. The van der Waals surface area contributed by atoms with Crippen molar-refractivity contribution in [1.82, 2.24) is 10.2 Å². The molecule has 0 fully saturated rings. The lowest BCUT2D eigenvalue weighted by atomic mass is 10.0. The highest BCUT2D eigenvalue weighted by Gasteiger charge is 2.06. The van der Waals surface area contributed by atoms with Gasteiger partial charge in [0.15, 0.2) is 0 Å². The largest absolute Gasteiger partial charge is 0.155 e. The third-order valence-electron chi connectivity index (χ3n) is 2.35. The van der Waals surface area contributed by atoms with Gasteiger partial charge < -0.3 is 0 Å². The first-order chi connectivity index (χ1) is 5.70. The molecule has 0 aromatic carbocycles. The van der Waals surface area contributed by atoms with Crippen LogP contribution < -0.4 is 0 Å². The number of hydrogen-bond donors (Lipinski definition) is 0. The summed E-state index contributed by atoms with van der Waals surface area (Å²) in [6.45, 7) is 8.43. The van der Waals surface area contributed by atoms with Gasteiger partial charge in [-0.1, -0.05) is 13.8 Å². The maximum atomic E-state index is 4.18. The van der Waals surface area contributed by atoms with Crippen LogP contribution in [-0.4, -0.2) is 10.2 Å². The quantitative estimate of drug-likeness (QED) is 0.669. The lowest BCUT2D eigenvalue weighted by molar-refractivity contribution is 0.841. The van der Waals surface area contributed by atoms with Crippen molar-refractivity contribution in [2.45, 2.75) is 40.5 Å². The summed E-state index contributed by atoms with van der Waals surface area (Å²) < 4.78 is 0. The molecule has 0 amide bonds. The molecule has 0 aliphatic rings. The van der Waals surface area contributed by atoms with Gasteiger partial charge in [-0.2, -0.15) is 10.2 Å². The van der Waals surface area contributed by atoms with Crippen LogP contribution in [0.3, 0.4) is 0 Å². The standard InChI is InChI=1S/C10H16N2/c1-5-9-7(3)8(4)11-12-10(9)6-2/h5-6H2,1-4H3. The van der Waals surface area contributed by atoms with Crippen molar-refractivity contribution < 1.29 is 0 Å². The average Bonchev–Trinajstić information content (AvgIpc) is 2.09. The van der Waals surface area contributed by atoms with E-state index < -0.39 is 0 Å². The number of nitrogens with zero attached hydrogens (tertiary/aromatic N) is 2. The highest BCUT2D eigenvalue weighted by molar-refractivity contribution is 5.31. The van der Waals surface area contributed by atoms with Crippen LogP contribution in [0.25, 0.3) is 0 Å². The van der Waals surface area contributed by atoms with E-state index in [2.05, 4.69) is 31.0 Å². The van der Waals surface area contributed by atoms with E-state index in [9.17, 15) is 0 Å². The molecule has 0 saturated heterocycles. The lowest BCUT2D eigenvalue weighted by Gasteiger charge is -2.08. The molecule has 0 bridgehead atoms. The zero-order chi connectivity index (χ0) is 9.14. The zero-order valence-corrected chi connectivity index (χ0v) is 8.31. The molecular formula is C10H16N2. The van der Waals surface area contributed by atoms with Gasteiger partial charge >= 0.3 is 0 Å². The van der Waals surface area contributed by atoms with Crippen LogP contribution in [0, 0.1) is 13.8 Å². The molecule has 0 aliphatic carbocycles. The second kappa shape index (κ2) is 3.65. The Hall–Kier alpha value is -0.920. The molecular weight excluding hydrogens is 148 g/mol. The van der Waals surface area contributed by atoms with E-state index in [0.717, 1.165) is 24.2 Å². The van der Waals surface area contributed by atoms with Crippen LogP contribution in [-0.2, 0) is 12.8 Å². The second-order valence-corrected chi connectivity index (χ2v) is 3.04. The molecule has 0 radical (unpaired) electrons. The first kappa shape index (κ1) is 9.17. The van der Waals surface area contributed by atoms with Crippen molar-refractivity contribution in [3.63, 3.8) is 0 Å². The summed E-state index contributed by atoms with van der Waals surface area (Å²) in [7, 11) is 0. The summed E-state index contributed by atoms with van der Waals surface area (Å²) in [5.41, 5.74) is 4.90. The molecule has 1 aromatic heterocycles. The second-order valence-electron chi connectivity index (χ2n) is 3.04. The highest BCUT2D eigenvalue weighted by Crippen LogP contribution is 2.14. The number of aryl methyl sites for hydroxylation is 2. The van der Waals surface area contributed by atoms with Crippen LogP contribution >= 0.6 is 0 Å². The molecule has 1 heterocycles. The maximum Gasteiger partial charge on any atom is 0.0663 e. The van der Waals surface area contributed by atoms with Crippen molar-refractivity contribution in [1.29, 1.82) is 0 Å². The highest BCUT2D eigenvalue weighted by atomic mass is 15.1. The summed E-state index contributed by atoms with van der Waals surface area (Å²) >= 11 is 0. The molecule has 2 nitrogen and oxygen atoms in total. The van der Waals surface area contributed by atoms with Crippen molar-refractivity contribution in [3.05, 3.63) is 22.5 Å². The Kier molecular flexibility index (Phi) is 2.79. The minimum atomic E-state index is 0.983. The number of aromatic nitrogens is 2. The van der Waals surface area contributed by atoms with Crippen LogP contribution in [0.1, 0.15) is 36.4 Å². The number of rotatable bonds is 2. The minimum absolute atomic E-state index is 0.983. The summed E-state index contributed by atoms with van der Waals surface area (Å²) in [4.78, 5) is 0. The van der Waals surface area contributed by atoms with Gasteiger partial charge in [0.25, 0.3) is 0 Å². The molecule has 0 N–H and O–H groups in total. The normalized spacial score (nSPS) is 10.3. The van der Waals surface area contributed by atoms with E-state index in [1.807, 2.05) is 6.92 Å². The van der Waals surface area contributed by atoms with E-state index in [4.69, 9.17) is 0 Å². The van der Waals surface area contributed by atoms with Gasteiger partial charge in [-0.05, 0) is 37.8 Å². The Morgan fingerprint density at radius 2 is 1.67 bits per heavy atom. The van der Waals surface area contributed by atoms with Crippen LogP contribution in [0.15, 0.2) is 0 Å². The van der Waals surface area contributed by atoms with E-state index in [1.165, 1.54) is 11.1 Å². The Morgan fingerprint density at radius 3 is 2.17 bits per heavy atom. The zero-order valence-electron chi connectivity index (χ0n) is 8.31. The van der Waals surface area contributed by atoms with Gasteiger partial charge in [-0.15, -0.1) is 0 Å². The molecule has 66 valence electrons. The predicted octanol–water partition coefficient (Wildman–Crippen LogP) is 2.22. The smallest absolute Gasteiger partial charge is 0.0663 e. The minimum Gasteiger partial charge on any atom is -0.155 e. The van der Waals surface area contributed by atoms with Gasteiger partial charge in [0.2, 0.25) is 0 Å². The summed E-state index contributed by atoms with van der Waals surface area (Å²) in [5.74, 6) is 0. The van der Waals surface area contributed by atoms with Gasteiger partial charge in [-0.25, -0.2) is 0 Å². The Labute approximate surface area is 74.0 Å². The fourth-order valence-corrected chi connectivity index (χ4v) is 1.46. The van der Waals surface area contributed by atoms with E-state index in [1.54, 1.807) is 0 Å². The molecule has 0 aliphatic heterocycles. The van der Waals surface area contributed by atoms with Crippen LogP contribution in [0.5, 0.6) is 0 Å². The van der Waals surface area contributed by atoms with Gasteiger partial charge in [0.1, 0.15) is 0 Å². The van der Waals surface area contributed by atoms with Crippen molar-refractivity contribution in [2.75, 3.05) is 0 Å². The molecule has 0 spiro atoms.